The zero-order chi connectivity index (χ0) is 19.2. The number of nitrogens with one attached hydrogen (secondary N) is 1. The number of Topliss-reactive ketones (excluding diaryl/α,β-unsaturated/α-hetero) is 1. The number of rotatable bonds is 7. The van der Waals surface area contributed by atoms with Crippen LogP contribution in [0.5, 0.6) is 5.75 Å². The Morgan fingerprint density at radius 2 is 2.07 bits per heavy atom. The molecule has 0 fully saturated rings. The monoisotopic (exact) mass is 383 g/mol. The van der Waals surface area contributed by atoms with Crippen molar-refractivity contribution in [1.29, 1.82) is 0 Å². The van der Waals surface area contributed by atoms with Crippen LogP contribution in [0.2, 0.25) is 0 Å². The third kappa shape index (κ3) is 5.21. The van der Waals surface area contributed by atoms with Gasteiger partial charge in [0.15, 0.2) is 5.78 Å². The molecule has 5 nitrogen and oxygen atoms in total. The molecule has 0 spiro atoms. The van der Waals surface area contributed by atoms with Crippen LogP contribution in [0.4, 0.5) is 9.52 Å². The summed E-state index contributed by atoms with van der Waals surface area (Å²) in [4.78, 5) is 16.4. The first-order valence-corrected chi connectivity index (χ1v) is 9.07. The molecule has 138 valence electrons. The Morgan fingerprint density at radius 1 is 1.30 bits per heavy atom. The molecule has 0 aliphatic carbocycles. The maximum absolute atomic E-state index is 12.9. The highest BCUT2D eigenvalue weighted by Crippen LogP contribution is 2.22. The van der Waals surface area contributed by atoms with E-state index in [2.05, 4.69) is 15.5 Å². The first kappa shape index (κ1) is 18.7. The van der Waals surface area contributed by atoms with Crippen LogP contribution in [0, 0.1) is 12.7 Å². The number of ether oxygens (including phenoxy) is 1. The lowest BCUT2D eigenvalue weighted by atomic mass is 10.2. The molecule has 3 rings (SSSR count). The van der Waals surface area contributed by atoms with Gasteiger partial charge < -0.3 is 4.74 Å². The summed E-state index contributed by atoms with van der Waals surface area (Å²) in [6.07, 6.45) is 1.65. The quantitative estimate of drug-likeness (QED) is 0.361. The zero-order valence-electron chi connectivity index (χ0n) is 14.9. The van der Waals surface area contributed by atoms with Crippen LogP contribution in [-0.4, -0.2) is 17.0 Å². The van der Waals surface area contributed by atoms with Crippen molar-refractivity contribution in [1.82, 2.24) is 4.98 Å². The predicted octanol–water partition coefficient (Wildman–Crippen LogP) is 4.82. The second-order valence-electron chi connectivity index (χ2n) is 5.85. The molecule has 0 unspecified atom stereocenters. The number of carbonyl (C=O) groups is 1. The van der Waals surface area contributed by atoms with Gasteiger partial charge in [0, 0.05) is 6.92 Å². The summed E-state index contributed by atoms with van der Waals surface area (Å²) < 4.78 is 18.7. The van der Waals surface area contributed by atoms with Crippen molar-refractivity contribution in [2.24, 2.45) is 5.10 Å². The van der Waals surface area contributed by atoms with Crippen molar-refractivity contribution >= 4 is 28.5 Å². The van der Waals surface area contributed by atoms with Crippen LogP contribution in [-0.2, 0) is 6.61 Å². The maximum atomic E-state index is 12.9. The second-order valence-corrected chi connectivity index (χ2v) is 6.85. The molecule has 0 radical (unpaired) electrons. The zero-order valence-corrected chi connectivity index (χ0v) is 15.7. The van der Waals surface area contributed by atoms with Crippen molar-refractivity contribution in [2.45, 2.75) is 20.5 Å². The second kappa shape index (κ2) is 8.55. The Balaban J connectivity index is 1.59. The number of ketones is 1. The average Bonchev–Trinajstić information content (AvgIpc) is 3.02. The molecule has 2 aromatic carbocycles. The summed E-state index contributed by atoms with van der Waals surface area (Å²) in [5, 5.41) is 4.73. The molecule has 27 heavy (non-hydrogen) atoms. The molecule has 3 aromatic rings. The number of carbonyl (C=O) groups excluding carboxylic acids is 1. The average molecular weight is 383 g/mol. The molecular weight excluding hydrogens is 365 g/mol. The van der Waals surface area contributed by atoms with Crippen LogP contribution in [0.25, 0.3) is 0 Å². The molecule has 0 saturated carbocycles. The topological polar surface area (TPSA) is 63.6 Å². The minimum atomic E-state index is -0.268. The fraction of sp³-hybridized carbons (Fsp3) is 0.150. The van der Waals surface area contributed by atoms with Gasteiger partial charge in [-0.15, -0.1) is 0 Å². The van der Waals surface area contributed by atoms with Crippen LogP contribution >= 0.6 is 11.3 Å². The van der Waals surface area contributed by atoms with Crippen LogP contribution < -0.4 is 10.2 Å². The van der Waals surface area contributed by atoms with Crippen molar-refractivity contribution in [3.05, 3.63) is 76.0 Å². The molecule has 0 aliphatic rings. The van der Waals surface area contributed by atoms with E-state index in [1.54, 1.807) is 25.3 Å². The van der Waals surface area contributed by atoms with Crippen LogP contribution in [0.15, 0.2) is 53.6 Å². The van der Waals surface area contributed by atoms with Crippen molar-refractivity contribution in [2.75, 3.05) is 5.43 Å². The maximum Gasteiger partial charge on any atom is 0.204 e. The number of halogens is 1. The fourth-order valence-electron chi connectivity index (χ4n) is 2.36. The molecule has 1 aromatic heterocycles. The van der Waals surface area contributed by atoms with Crippen LogP contribution in [0.1, 0.15) is 33.4 Å². The first-order valence-electron chi connectivity index (χ1n) is 8.26. The van der Waals surface area contributed by atoms with Gasteiger partial charge in [-0.25, -0.2) is 9.37 Å². The molecular formula is C20H18FN3O2S. The predicted molar refractivity (Wildman–Crippen MR) is 105 cm³/mol. The Bertz CT molecular complexity index is 968. The molecule has 1 heterocycles. The minimum Gasteiger partial charge on any atom is -0.489 e. The summed E-state index contributed by atoms with van der Waals surface area (Å²) in [5.41, 5.74) is 5.27. The number of aromatic nitrogens is 1. The summed E-state index contributed by atoms with van der Waals surface area (Å²) in [7, 11) is 0. The largest absolute Gasteiger partial charge is 0.489 e. The Labute approximate surface area is 160 Å². The van der Waals surface area contributed by atoms with E-state index in [4.69, 9.17) is 4.74 Å². The number of nitrogens with zero attached hydrogens (tertiary/aromatic N) is 2. The van der Waals surface area contributed by atoms with E-state index in [1.165, 1.54) is 30.4 Å². The Morgan fingerprint density at radius 3 is 2.78 bits per heavy atom. The number of anilines is 1. The molecule has 7 heteroatoms. The molecule has 0 amide bonds. The first-order chi connectivity index (χ1) is 13.0. The highest BCUT2D eigenvalue weighted by Gasteiger charge is 2.10. The van der Waals surface area contributed by atoms with Crippen molar-refractivity contribution < 1.29 is 13.9 Å². The molecule has 0 bridgehead atoms. The normalized spacial score (nSPS) is 10.9. The van der Waals surface area contributed by atoms with Gasteiger partial charge in [-0.3, -0.25) is 10.2 Å². The van der Waals surface area contributed by atoms with E-state index in [1.807, 2.05) is 24.3 Å². The van der Waals surface area contributed by atoms with Crippen LogP contribution in [0.3, 0.4) is 0 Å². The number of hydrogen-bond acceptors (Lipinski definition) is 6. The van der Waals surface area contributed by atoms with E-state index >= 15 is 0 Å². The van der Waals surface area contributed by atoms with Gasteiger partial charge in [0.2, 0.25) is 5.13 Å². The molecule has 0 saturated heterocycles. The van der Waals surface area contributed by atoms with Gasteiger partial charge in [0.25, 0.3) is 0 Å². The van der Waals surface area contributed by atoms with E-state index in [0.29, 0.717) is 28.1 Å². The lowest BCUT2D eigenvalue weighted by molar-refractivity contribution is 0.102. The van der Waals surface area contributed by atoms with Gasteiger partial charge in [0.05, 0.1) is 16.8 Å². The third-order valence-corrected chi connectivity index (χ3v) is 4.83. The summed E-state index contributed by atoms with van der Waals surface area (Å²) >= 11 is 1.28. The molecule has 0 aliphatic heterocycles. The highest BCUT2D eigenvalue weighted by molar-refractivity contribution is 7.17. The smallest absolute Gasteiger partial charge is 0.204 e. The highest BCUT2D eigenvalue weighted by atomic mass is 32.1. The minimum absolute atomic E-state index is 0.00645. The fourth-order valence-corrected chi connectivity index (χ4v) is 3.18. The van der Waals surface area contributed by atoms with E-state index in [0.717, 1.165) is 11.1 Å². The third-order valence-electron chi connectivity index (χ3n) is 3.67. The number of thiazole rings is 1. The van der Waals surface area contributed by atoms with Gasteiger partial charge in [0.1, 0.15) is 18.2 Å². The van der Waals surface area contributed by atoms with Gasteiger partial charge in [-0.2, -0.15) is 5.10 Å². The lowest BCUT2D eigenvalue weighted by Gasteiger charge is -2.07. The summed E-state index contributed by atoms with van der Waals surface area (Å²) in [6, 6.07) is 13.6. The number of benzene rings is 2. The summed E-state index contributed by atoms with van der Waals surface area (Å²) in [6.45, 7) is 3.67. The van der Waals surface area contributed by atoms with Gasteiger partial charge >= 0.3 is 0 Å². The van der Waals surface area contributed by atoms with E-state index in [-0.39, 0.29) is 11.6 Å². The van der Waals surface area contributed by atoms with Gasteiger partial charge in [-0.05, 0) is 42.3 Å². The number of hydrogen-bond donors (Lipinski definition) is 1. The van der Waals surface area contributed by atoms with E-state index < -0.39 is 0 Å². The Hall–Kier alpha value is -3.06. The standard InChI is InChI=1S/C20H18FN3O2S/c1-13-19(14(2)25)27-20(23-13)24-22-11-16-4-3-5-18(10-16)26-12-15-6-8-17(21)9-7-15/h3-11H,12H2,1-2H3,(H,23,24)/b22-11+. The SMILES string of the molecule is CC(=O)c1sc(N/N=C/c2cccc(OCc3ccc(F)cc3)c2)nc1C. The lowest BCUT2D eigenvalue weighted by Crippen LogP contribution is -1.96. The number of aryl methyl sites for hydroxylation is 1. The van der Waals surface area contributed by atoms with E-state index in [9.17, 15) is 9.18 Å². The molecule has 1 N–H and O–H groups in total. The van der Waals surface area contributed by atoms with Gasteiger partial charge in [-0.1, -0.05) is 35.6 Å². The van der Waals surface area contributed by atoms with Crippen molar-refractivity contribution in [3.63, 3.8) is 0 Å². The van der Waals surface area contributed by atoms with Crippen molar-refractivity contribution in [3.8, 4) is 5.75 Å². The Kier molecular flexibility index (Phi) is 5.93. The molecule has 0 atom stereocenters. The number of hydrazone groups is 1. The summed E-state index contributed by atoms with van der Waals surface area (Å²) in [5.74, 6) is 0.413.